The predicted molar refractivity (Wildman–Crippen MR) is 110 cm³/mol. The third kappa shape index (κ3) is 3.37. The summed E-state index contributed by atoms with van der Waals surface area (Å²) < 4.78 is 27.2. The summed E-state index contributed by atoms with van der Waals surface area (Å²) in [7, 11) is -3.43. The molecule has 2 aromatic carbocycles. The SMILES string of the molecule is Cc1ccc2cc(-c3ccc(S(=O)(=O)Cc4ccccc4)cc3)c(C=O)n2c1. The van der Waals surface area contributed by atoms with Gasteiger partial charge in [-0.15, -0.1) is 0 Å². The van der Waals surface area contributed by atoms with Gasteiger partial charge in [0.15, 0.2) is 16.1 Å². The van der Waals surface area contributed by atoms with Gasteiger partial charge in [0.05, 0.1) is 16.3 Å². The second-order valence-electron chi connectivity index (χ2n) is 6.83. The van der Waals surface area contributed by atoms with E-state index in [1.807, 2.05) is 53.9 Å². The first-order chi connectivity index (χ1) is 13.5. The maximum absolute atomic E-state index is 12.7. The van der Waals surface area contributed by atoms with Gasteiger partial charge >= 0.3 is 0 Å². The van der Waals surface area contributed by atoms with Crippen LogP contribution in [-0.4, -0.2) is 19.1 Å². The minimum atomic E-state index is -3.43. The Morgan fingerprint density at radius 1 is 0.929 bits per heavy atom. The predicted octanol–water partition coefficient (Wildman–Crippen LogP) is 4.70. The Morgan fingerprint density at radius 3 is 2.32 bits per heavy atom. The number of aldehydes is 1. The zero-order valence-corrected chi connectivity index (χ0v) is 16.2. The van der Waals surface area contributed by atoms with Crippen LogP contribution in [0.4, 0.5) is 0 Å². The Kier molecular flexibility index (Phi) is 4.61. The molecule has 0 N–H and O–H groups in total. The second-order valence-corrected chi connectivity index (χ2v) is 8.82. The first-order valence-corrected chi connectivity index (χ1v) is 10.6. The van der Waals surface area contributed by atoms with Gasteiger partial charge in [-0.1, -0.05) is 48.5 Å². The van der Waals surface area contributed by atoms with Crippen molar-refractivity contribution in [3.8, 4) is 11.1 Å². The van der Waals surface area contributed by atoms with E-state index in [1.165, 1.54) is 0 Å². The molecular formula is C23H19NO3S. The molecule has 0 spiro atoms. The maximum atomic E-state index is 12.7. The molecule has 0 amide bonds. The molecule has 5 heteroatoms. The maximum Gasteiger partial charge on any atom is 0.182 e. The highest BCUT2D eigenvalue weighted by atomic mass is 32.2. The molecule has 0 radical (unpaired) electrons. The van der Waals surface area contributed by atoms with Gasteiger partial charge in [-0.3, -0.25) is 4.79 Å². The summed E-state index contributed by atoms with van der Waals surface area (Å²) in [5.41, 5.74) is 4.88. The van der Waals surface area contributed by atoms with Crippen molar-refractivity contribution in [3.63, 3.8) is 0 Å². The van der Waals surface area contributed by atoms with E-state index in [2.05, 4.69) is 0 Å². The van der Waals surface area contributed by atoms with E-state index in [-0.39, 0.29) is 10.6 Å². The number of sulfone groups is 1. The van der Waals surface area contributed by atoms with Crippen molar-refractivity contribution in [2.75, 3.05) is 0 Å². The number of rotatable bonds is 5. The third-order valence-corrected chi connectivity index (χ3v) is 6.49. The van der Waals surface area contributed by atoms with E-state index >= 15 is 0 Å². The molecule has 4 rings (SSSR count). The van der Waals surface area contributed by atoms with Gasteiger partial charge in [-0.25, -0.2) is 8.42 Å². The molecular weight excluding hydrogens is 370 g/mol. The van der Waals surface area contributed by atoms with E-state index in [1.54, 1.807) is 36.4 Å². The molecule has 0 aliphatic carbocycles. The average molecular weight is 389 g/mol. The van der Waals surface area contributed by atoms with Crippen LogP contribution < -0.4 is 0 Å². The quantitative estimate of drug-likeness (QED) is 0.465. The molecule has 0 unspecified atom stereocenters. The molecule has 0 aliphatic rings. The van der Waals surface area contributed by atoms with E-state index in [9.17, 15) is 13.2 Å². The normalized spacial score (nSPS) is 11.6. The number of nitrogens with zero attached hydrogens (tertiary/aromatic N) is 1. The summed E-state index contributed by atoms with van der Waals surface area (Å²) in [5.74, 6) is -0.0395. The van der Waals surface area contributed by atoms with Crippen molar-refractivity contribution in [2.24, 2.45) is 0 Å². The summed E-state index contributed by atoms with van der Waals surface area (Å²) in [6, 6.07) is 21.7. The number of aromatic nitrogens is 1. The first kappa shape index (κ1) is 18.2. The molecule has 0 bridgehead atoms. The summed E-state index contributed by atoms with van der Waals surface area (Å²) in [5, 5.41) is 0. The van der Waals surface area contributed by atoms with Crippen LogP contribution >= 0.6 is 0 Å². The average Bonchev–Trinajstić information content (AvgIpc) is 3.06. The second kappa shape index (κ2) is 7.09. The topological polar surface area (TPSA) is 55.6 Å². The number of fused-ring (bicyclic) bond motifs is 1. The summed E-state index contributed by atoms with van der Waals surface area (Å²) in [6.45, 7) is 1.97. The van der Waals surface area contributed by atoms with E-state index in [0.717, 1.165) is 34.1 Å². The van der Waals surface area contributed by atoms with Crippen LogP contribution in [0, 0.1) is 6.92 Å². The van der Waals surface area contributed by atoms with Crippen molar-refractivity contribution in [1.82, 2.24) is 4.40 Å². The number of carbonyl (C=O) groups is 1. The van der Waals surface area contributed by atoms with Crippen LogP contribution in [-0.2, 0) is 15.6 Å². The third-order valence-electron chi connectivity index (χ3n) is 4.79. The van der Waals surface area contributed by atoms with Crippen molar-refractivity contribution >= 4 is 21.6 Å². The van der Waals surface area contributed by atoms with Crippen LogP contribution in [0.25, 0.3) is 16.6 Å². The summed E-state index contributed by atoms with van der Waals surface area (Å²) in [6.07, 6.45) is 2.75. The summed E-state index contributed by atoms with van der Waals surface area (Å²) in [4.78, 5) is 12.0. The standard InChI is InChI=1S/C23H19NO3S/c1-17-7-10-20-13-22(23(15-25)24(20)14-17)19-8-11-21(12-9-19)28(26,27)16-18-5-3-2-4-6-18/h2-15H,16H2,1H3. The molecule has 0 saturated heterocycles. The Labute approximate surface area is 164 Å². The fraction of sp³-hybridized carbons (Fsp3) is 0.0870. The number of hydrogen-bond donors (Lipinski definition) is 0. The number of carbonyl (C=O) groups excluding carboxylic acids is 1. The van der Waals surface area contributed by atoms with E-state index in [4.69, 9.17) is 0 Å². The lowest BCUT2D eigenvalue weighted by Crippen LogP contribution is -2.04. The highest BCUT2D eigenvalue weighted by Crippen LogP contribution is 2.28. The zero-order chi connectivity index (χ0) is 19.7. The number of aryl methyl sites for hydroxylation is 1. The van der Waals surface area contributed by atoms with Crippen LogP contribution in [0.2, 0.25) is 0 Å². The largest absolute Gasteiger partial charge is 0.313 e. The van der Waals surface area contributed by atoms with Crippen LogP contribution in [0.1, 0.15) is 21.6 Å². The molecule has 0 saturated carbocycles. The van der Waals surface area contributed by atoms with Crippen molar-refractivity contribution in [1.29, 1.82) is 0 Å². The van der Waals surface area contributed by atoms with Crippen molar-refractivity contribution in [2.45, 2.75) is 17.6 Å². The lowest BCUT2D eigenvalue weighted by molar-refractivity contribution is 0.111. The fourth-order valence-corrected chi connectivity index (χ4v) is 4.72. The Balaban J connectivity index is 1.71. The monoisotopic (exact) mass is 389 g/mol. The molecule has 28 heavy (non-hydrogen) atoms. The molecule has 0 fully saturated rings. The molecule has 2 heterocycles. The molecule has 2 aromatic heterocycles. The van der Waals surface area contributed by atoms with Gasteiger partial charge in [0, 0.05) is 17.3 Å². The Bertz CT molecular complexity index is 1250. The van der Waals surface area contributed by atoms with Gasteiger partial charge < -0.3 is 4.40 Å². The van der Waals surface area contributed by atoms with Crippen LogP contribution in [0.15, 0.2) is 83.9 Å². The van der Waals surface area contributed by atoms with Crippen molar-refractivity contribution < 1.29 is 13.2 Å². The van der Waals surface area contributed by atoms with Crippen LogP contribution in [0.5, 0.6) is 0 Å². The Morgan fingerprint density at radius 2 is 1.64 bits per heavy atom. The van der Waals surface area contributed by atoms with Gasteiger partial charge in [-0.2, -0.15) is 0 Å². The van der Waals surface area contributed by atoms with Crippen LogP contribution in [0.3, 0.4) is 0 Å². The smallest absolute Gasteiger partial charge is 0.182 e. The molecule has 140 valence electrons. The van der Waals surface area contributed by atoms with E-state index in [0.29, 0.717) is 5.69 Å². The number of hydrogen-bond acceptors (Lipinski definition) is 3. The molecule has 4 nitrogen and oxygen atoms in total. The number of pyridine rings is 1. The van der Waals surface area contributed by atoms with Gasteiger partial charge in [-0.05, 0) is 47.9 Å². The molecule has 4 aromatic rings. The molecule has 0 atom stereocenters. The minimum Gasteiger partial charge on any atom is -0.313 e. The number of benzene rings is 2. The van der Waals surface area contributed by atoms with Gasteiger partial charge in [0.1, 0.15) is 0 Å². The summed E-state index contributed by atoms with van der Waals surface area (Å²) >= 11 is 0. The van der Waals surface area contributed by atoms with Gasteiger partial charge in [0.25, 0.3) is 0 Å². The highest BCUT2D eigenvalue weighted by Gasteiger charge is 2.17. The lowest BCUT2D eigenvalue weighted by atomic mass is 10.1. The molecule has 0 aliphatic heterocycles. The van der Waals surface area contributed by atoms with Crippen molar-refractivity contribution in [3.05, 3.63) is 95.8 Å². The van der Waals surface area contributed by atoms with E-state index < -0.39 is 9.84 Å². The first-order valence-electron chi connectivity index (χ1n) is 8.92. The lowest BCUT2D eigenvalue weighted by Gasteiger charge is -2.06. The zero-order valence-electron chi connectivity index (χ0n) is 15.4. The van der Waals surface area contributed by atoms with Gasteiger partial charge in [0.2, 0.25) is 0 Å². The Hall–Kier alpha value is -3.18. The fourth-order valence-electron chi connectivity index (χ4n) is 3.37. The highest BCUT2D eigenvalue weighted by molar-refractivity contribution is 7.90. The minimum absolute atomic E-state index is 0.0395.